The second-order valence-corrected chi connectivity index (χ2v) is 6.73. The van der Waals surface area contributed by atoms with E-state index in [1.807, 2.05) is 42.5 Å². The van der Waals surface area contributed by atoms with Crippen LogP contribution in [0.5, 0.6) is 0 Å². The van der Waals surface area contributed by atoms with Crippen molar-refractivity contribution in [3.63, 3.8) is 0 Å². The van der Waals surface area contributed by atoms with E-state index in [4.69, 9.17) is 4.42 Å². The van der Waals surface area contributed by atoms with E-state index in [-0.39, 0.29) is 5.91 Å². The van der Waals surface area contributed by atoms with E-state index >= 15 is 0 Å². The van der Waals surface area contributed by atoms with Crippen LogP contribution < -0.4 is 4.90 Å². The second-order valence-electron chi connectivity index (χ2n) is 6.73. The Morgan fingerprint density at radius 2 is 1.78 bits per heavy atom. The summed E-state index contributed by atoms with van der Waals surface area (Å²) in [6.07, 6.45) is 1.52. The third-order valence-corrected chi connectivity index (χ3v) is 4.66. The van der Waals surface area contributed by atoms with Crippen molar-refractivity contribution in [1.29, 1.82) is 0 Å². The number of anilines is 1. The first-order chi connectivity index (χ1) is 13.0. The lowest BCUT2D eigenvalue weighted by atomic mass is 10.2. The lowest BCUT2D eigenvalue weighted by Gasteiger charge is -2.35. The van der Waals surface area contributed by atoms with Crippen LogP contribution in [0.2, 0.25) is 0 Å². The molecule has 4 rings (SSSR count). The van der Waals surface area contributed by atoms with E-state index in [2.05, 4.69) is 20.0 Å². The summed E-state index contributed by atoms with van der Waals surface area (Å²) in [5.41, 5.74) is 1.99. The van der Waals surface area contributed by atoms with E-state index in [0.717, 1.165) is 23.0 Å². The first-order valence-corrected chi connectivity index (χ1v) is 8.98. The van der Waals surface area contributed by atoms with Crippen LogP contribution >= 0.6 is 0 Å². The van der Waals surface area contributed by atoms with Gasteiger partial charge in [0, 0.05) is 37.9 Å². The van der Waals surface area contributed by atoms with Crippen LogP contribution in [0.15, 0.2) is 34.9 Å². The van der Waals surface area contributed by atoms with Gasteiger partial charge in [-0.15, -0.1) is 0 Å². The Hall–Kier alpha value is -3.16. The number of hydrogen-bond acceptors (Lipinski definition) is 6. The van der Waals surface area contributed by atoms with E-state index in [1.54, 1.807) is 12.1 Å². The standard InChI is InChI=1S/C19H22N6O2/c1-13-11-14(2)25(22-13)18-12-17(20-15(3)21-18)23-6-8-24(9-7-23)19(26)16-5-4-10-27-16/h4-5,10-12H,6-9H2,1-3H3. The Morgan fingerprint density at radius 3 is 2.41 bits per heavy atom. The van der Waals surface area contributed by atoms with Gasteiger partial charge in [0.2, 0.25) is 0 Å². The average Bonchev–Trinajstić information content (AvgIpc) is 3.30. The van der Waals surface area contributed by atoms with Crippen LogP contribution in [0.1, 0.15) is 27.8 Å². The minimum atomic E-state index is -0.0677. The fraction of sp³-hybridized carbons (Fsp3) is 0.368. The predicted molar refractivity (Wildman–Crippen MR) is 100 cm³/mol. The van der Waals surface area contributed by atoms with Gasteiger partial charge in [-0.2, -0.15) is 5.10 Å². The van der Waals surface area contributed by atoms with E-state index < -0.39 is 0 Å². The Bertz CT molecular complexity index is 955. The Morgan fingerprint density at radius 1 is 1.04 bits per heavy atom. The molecule has 8 nitrogen and oxygen atoms in total. The molecule has 3 aromatic rings. The third kappa shape index (κ3) is 3.42. The smallest absolute Gasteiger partial charge is 0.289 e. The molecule has 0 saturated carbocycles. The summed E-state index contributed by atoms with van der Waals surface area (Å²) < 4.78 is 7.06. The van der Waals surface area contributed by atoms with Crippen LogP contribution in [0.3, 0.4) is 0 Å². The lowest BCUT2D eigenvalue weighted by Crippen LogP contribution is -2.49. The quantitative estimate of drug-likeness (QED) is 0.707. The summed E-state index contributed by atoms with van der Waals surface area (Å²) in [5, 5.41) is 4.52. The Kier molecular flexibility index (Phi) is 4.39. The zero-order valence-electron chi connectivity index (χ0n) is 15.7. The number of carbonyl (C=O) groups excluding carboxylic acids is 1. The van der Waals surface area contributed by atoms with Gasteiger partial charge in [0.1, 0.15) is 11.6 Å². The van der Waals surface area contributed by atoms with Crippen molar-refractivity contribution in [1.82, 2.24) is 24.6 Å². The normalized spacial score (nSPS) is 14.6. The van der Waals surface area contributed by atoms with Gasteiger partial charge in [-0.05, 0) is 39.0 Å². The monoisotopic (exact) mass is 366 g/mol. The van der Waals surface area contributed by atoms with Crippen molar-refractivity contribution < 1.29 is 9.21 Å². The minimum Gasteiger partial charge on any atom is -0.459 e. The number of carbonyl (C=O) groups is 1. The molecule has 1 aliphatic rings. The van der Waals surface area contributed by atoms with Gasteiger partial charge in [-0.1, -0.05) is 0 Å². The molecule has 0 unspecified atom stereocenters. The van der Waals surface area contributed by atoms with Crippen molar-refractivity contribution in [3.8, 4) is 5.82 Å². The number of aromatic nitrogens is 4. The molecule has 4 heterocycles. The molecule has 0 aromatic carbocycles. The minimum absolute atomic E-state index is 0.0677. The molecule has 0 radical (unpaired) electrons. The number of furan rings is 1. The van der Waals surface area contributed by atoms with Gasteiger partial charge < -0.3 is 14.2 Å². The van der Waals surface area contributed by atoms with Crippen LogP contribution in [-0.2, 0) is 0 Å². The van der Waals surface area contributed by atoms with E-state index in [0.29, 0.717) is 37.8 Å². The fourth-order valence-electron chi connectivity index (χ4n) is 3.36. The molecule has 140 valence electrons. The molecule has 1 amide bonds. The highest BCUT2D eigenvalue weighted by atomic mass is 16.3. The molecule has 0 aliphatic carbocycles. The van der Waals surface area contributed by atoms with Crippen molar-refractivity contribution in [2.45, 2.75) is 20.8 Å². The molecule has 1 aliphatic heterocycles. The van der Waals surface area contributed by atoms with Crippen molar-refractivity contribution in [3.05, 3.63) is 53.5 Å². The summed E-state index contributed by atoms with van der Waals surface area (Å²) in [7, 11) is 0. The number of piperazine rings is 1. The molecule has 1 fully saturated rings. The average molecular weight is 366 g/mol. The zero-order chi connectivity index (χ0) is 19.0. The molecular formula is C19H22N6O2. The largest absolute Gasteiger partial charge is 0.459 e. The van der Waals surface area contributed by atoms with Crippen LogP contribution in [0, 0.1) is 20.8 Å². The molecule has 0 spiro atoms. The van der Waals surface area contributed by atoms with Gasteiger partial charge in [-0.3, -0.25) is 4.79 Å². The van der Waals surface area contributed by atoms with Gasteiger partial charge >= 0.3 is 0 Å². The van der Waals surface area contributed by atoms with Crippen molar-refractivity contribution in [2.75, 3.05) is 31.1 Å². The van der Waals surface area contributed by atoms with Gasteiger partial charge in [0.05, 0.1) is 12.0 Å². The maximum absolute atomic E-state index is 12.4. The fourth-order valence-corrected chi connectivity index (χ4v) is 3.36. The summed E-state index contributed by atoms with van der Waals surface area (Å²) >= 11 is 0. The molecule has 3 aromatic heterocycles. The highest BCUT2D eigenvalue weighted by Crippen LogP contribution is 2.19. The first kappa shape index (κ1) is 17.3. The molecule has 27 heavy (non-hydrogen) atoms. The van der Waals surface area contributed by atoms with Gasteiger partial charge in [-0.25, -0.2) is 14.6 Å². The molecule has 1 saturated heterocycles. The maximum atomic E-state index is 12.4. The maximum Gasteiger partial charge on any atom is 0.289 e. The highest BCUT2D eigenvalue weighted by Gasteiger charge is 2.25. The number of nitrogens with zero attached hydrogens (tertiary/aromatic N) is 6. The molecule has 0 N–H and O–H groups in total. The Labute approximate surface area is 157 Å². The highest BCUT2D eigenvalue weighted by molar-refractivity contribution is 5.91. The SMILES string of the molecule is Cc1cc(C)n(-c2cc(N3CCN(C(=O)c4ccco4)CC3)nc(C)n2)n1. The van der Waals surface area contributed by atoms with Crippen molar-refractivity contribution >= 4 is 11.7 Å². The van der Waals surface area contributed by atoms with E-state index in [9.17, 15) is 4.79 Å². The predicted octanol–water partition coefficient (Wildman–Crippen LogP) is 2.14. The summed E-state index contributed by atoms with van der Waals surface area (Å²) in [5.74, 6) is 2.63. The summed E-state index contributed by atoms with van der Waals surface area (Å²) in [4.78, 5) is 25.5. The van der Waals surface area contributed by atoms with Gasteiger partial charge in [0.15, 0.2) is 11.6 Å². The second kappa shape index (κ2) is 6.86. The number of amides is 1. The summed E-state index contributed by atoms with van der Waals surface area (Å²) in [6.45, 7) is 8.52. The van der Waals surface area contributed by atoms with Crippen molar-refractivity contribution in [2.24, 2.45) is 0 Å². The van der Waals surface area contributed by atoms with Gasteiger partial charge in [0.25, 0.3) is 5.91 Å². The first-order valence-electron chi connectivity index (χ1n) is 8.98. The molecule has 8 heteroatoms. The molecule has 0 bridgehead atoms. The topological polar surface area (TPSA) is 80.3 Å². The lowest BCUT2D eigenvalue weighted by molar-refractivity contribution is 0.0714. The van der Waals surface area contributed by atoms with Crippen LogP contribution in [-0.4, -0.2) is 56.7 Å². The molecule has 0 atom stereocenters. The number of aryl methyl sites for hydroxylation is 3. The molecular weight excluding hydrogens is 344 g/mol. The number of rotatable bonds is 3. The van der Waals surface area contributed by atoms with Crippen LogP contribution in [0.4, 0.5) is 5.82 Å². The zero-order valence-corrected chi connectivity index (χ0v) is 15.7. The summed E-state index contributed by atoms with van der Waals surface area (Å²) in [6, 6.07) is 7.41. The van der Waals surface area contributed by atoms with E-state index in [1.165, 1.54) is 6.26 Å². The third-order valence-electron chi connectivity index (χ3n) is 4.66. The number of hydrogen-bond donors (Lipinski definition) is 0. The van der Waals surface area contributed by atoms with Crippen LogP contribution in [0.25, 0.3) is 5.82 Å². The Balaban J connectivity index is 1.51.